The lowest BCUT2D eigenvalue weighted by Gasteiger charge is -2.09. The number of halogens is 1. The molecule has 2 rings (SSSR count). The van der Waals surface area contributed by atoms with Crippen LogP contribution in [-0.4, -0.2) is 16.2 Å². The minimum atomic E-state index is 0.583. The van der Waals surface area contributed by atoms with Gasteiger partial charge in [0.05, 0.1) is 17.9 Å². The Bertz CT molecular complexity index is 454. The fraction of sp³-hybridized carbons (Fsp3) is 0.250. The van der Waals surface area contributed by atoms with Crippen molar-refractivity contribution >= 4 is 11.6 Å². The Balaban J connectivity index is 1.92. The molecule has 0 saturated carbocycles. The van der Waals surface area contributed by atoms with Gasteiger partial charge in [-0.15, -0.1) is 0 Å². The third-order valence-electron chi connectivity index (χ3n) is 2.25. The van der Waals surface area contributed by atoms with Gasteiger partial charge in [-0.2, -0.15) is 0 Å². The first-order valence-corrected chi connectivity index (χ1v) is 5.48. The normalized spacial score (nSPS) is 10.4. The fourth-order valence-electron chi connectivity index (χ4n) is 1.40. The monoisotopic (exact) mass is 236 g/mol. The highest BCUT2D eigenvalue weighted by Gasteiger charge is 2.01. The van der Waals surface area contributed by atoms with Crippen LogP contribution in [0.4, 0.5) is 0 Å². The predicted octanol–water partition coefficient (Wildman–Crippen LogP) is 2.92. The van der Waals surface area contributed by atoms with E-state index in [-0.39, 0.29) is 0 Å². The molecule has 0 radical (unpaired) electrons. The smallest absolute Gasteiger partial charge is 0.138 e. The number of aryl methyl sites for hydroxylation is 1. The minimum Gasteiger partial charge on any atom is -0.490 e. The molecule has 0 fully saturated rings. The third-order valence-corrected chi connectivity index (χ3v) is 2.57. The van der Waals surface area contributed by atoms with Crippen LogP contribution in [0.15, 0.2) is 36.9 Å². The summed E-state index contributed by atoms with van der Waals surface area (Å²) in [4.78, 5) is 3.96. The quantitative estimate of drug-likeness (QED) is 0.816. The van der Waals surface area contributed by atoms with E-state index in [0.29, 0.717) is 11.6 Å². The van der Waals surface area contributed by atoms with Gasteiger partial charge < -0.3 is 9.30 Å². The number of ether oxygens (including phenoxy) is 1. The van der Waals surface area contributed by atoms with Gasteiger partial charge >= 0.3 is 0 Å². The molecule has 3 nitrogen and oxygen atoms in total. The van der Waals surface area contributed by atoms with E-state index in [4.69, 9.17) is 16.3 Å². The molecule has 84 valence electrons. The molecule has 0 bridgehead atoms. The highest BCUT2D eigenvalue weighted by atomic mass is 35.5. The lowest BCUT2D eigenvalue weighted by molar-refractivity contribution is 0.298. The summed E-state index contributed by atoms with van der Waals surface area (Å²) < 4.78 is 7.57. The highest BCUT2D eigenvalue weighted by Crippen LogP contribution is 2.25. The summed E-state index contributed by atoms with van der Waals surface area (Å²) in [6.45, 7) is 3.36. The Morgan fingerprint density at radius 3 is 3.06 bits per heavy atom. The number of hydrogen-bond donors (Lipinski definition) is 0. The molecule has 0 unspecified atom stereocenters. The van der Waals surface area contributed by atoms with E-state index in [1.54, 1.807) is 12.5 Å². The maximum atomic E-state index is 6.01. The van der Waals surface area contributed by atoms with E-state index in [0.717, 1.165) is 17.9 Å². The second-order valence-corrected chi connectivity index (χ2v) is 3.99. The van der Waals surface area contributed by atoms with Gasteiger partial charge in [0.1, 0.15) is 12.4 Å². The van der Waals surface area contributed by atoms with Crippen molar-refractivity contribution in [1.82, 2.24) is 9.55 Å². The first-order valence-electron chi connectivity index (χ1n) is 5.10. The van der Waals surface area contributed by atoms with Crippen LogP contribution < -0.4 is 4.74 Å². The Kier molecular flexibility index (Phi) is 3.47. The second kappa shape index (κ2) is 5.03. The Morgan fingerprint density at radius 2 is 2.31 bits per heavy atom. The van der Waals surface area contributed by atoms with Crippen LogP contribution >= 0.6 is 11.6 Å². The van der Waals surface area contributed by atoms with Crippen LogP contribution in [0, 0.1) is 6.92 Å². The van der Waals surface area contributed by atoms with Crippen molar-refractivity contribution in [2.45, 2.75) is 13.5 Å². The van der Waals surface area contributed by atoms with E-state index in [1.165, 1.54) is 0 Å². The predicted molar refractivity (Wildman–Crippen MR) is 63.9 cm³/mol. The van der Waals surface area contributed by atoms with Gasteiger partial charge in [0.15, 0.2) is 0 Å². The molecule has 1 aromatic heterocycles. The van der Waals surface area contributed by atoms with E-state index in [2.05, 4.69) is 4.98 Å². The van der Waals surface area contributed by atoms with Gasteiger partial charge in [-0.25, -0.2) is 4.98 Å². The van der Waals surface area contributed by atoms with Crippen molar-refractivity contribution < 1.29 is 4.74 Å². The summed E-state index contributed by atoms with van der Waals surface area (Å²) in [6.07, 6.45) is 5.42. The summed E-state index contributed by atoms with van der Waals surface area (Å²) in [5, 5.41) is 0.649. The fourth-order valence-corrected chi connectivity index (χ4v) is 1.57. The summed E-state index contributed by atoms with van der Waals surface area (Å²) in [5.41, 5.74) is 1.14. The molecule has 0 saturated heterocycles. The maximum absolute atomic E-state index is 6.01. The van der Waals surface area contributed by atoms with Crippen LogP contribution in [0.5, 0.6) is 5.75 Å². The second-order valence-electron chi connectivity index (χ2n) is 3.58. The highest BCUT2D eigenvalue weighted by molar-refractivity contribution is 6.32. The zero-order valence-corrected chi connectivity index (χ0v) is 9.81. The van der Waals surface area contributed by atoms with Crippen LogP contribution in [-0.2, 0) is 6.54 Å². The number of hydrogen-bond acceptors (Lipinski definition) is 2. The summed E-state index contributed by atoms with van der Waals surface area (Å²) in [7, 11) is 0. The molecule has 1 aromatic carbocycles. The number of aromatic nitrogens is 2. The molecule has 1 heterocycles. The Hall–Kier alpha value is -1.48. The van der Waals surface area contributed by atoms with Crippen LogP contribution in [0.3, 0.4) is 0 Å². The van der Waals surface area contributed by atoms with E-state index < -0.39 is 0 Å². The lowest BCUT2D eigenvalue weighted by Crippen LogP contribution is -2.06. The van der Waals surface area contributed by atoms with Gasteiger partial charge in [-0.05, 0) is 24.6 Å². The van der Waals surface area contributed by atoms with Crippen molar-refractivity contribution in [3.8, 4) is 5.75 Å². The van der Waals surface area contributed by atoms with E-state index in [1.807, 2.05) is 35.9 Å². The van der Waals surface area contributed by atoms with Gasteiger partial charge in [0, 0.05) is 12.4 Å². The molecule has 0 amide bonds. The molecular weight excluding hydrogens is 224 g/mol. The van der Waals surface area contributed by atoms with Crippen molar-refractivity contribution in [2.24, 2.45) is 0 Å². The largest absolute Gasteiger partial charge is 0.490 e. The van der Waals surface area contributed by atoms with Gasteiger partial charge in [-0.1, -0.05) is 17.7 Å². The summed E-state index contributed by atoms with van der Waals surface area (Å²) >= 11 is 6.01. The molecule has 0 aliphatic rings. The SMILES string of the molecule is Cc1ccc(Cl)c(OCCn2ccnc2)c1. The number of rotatable bonds is 4. The van der Waals surface area contributed by atoms with Crippen LogP contribution in [0.1, 0.15) is 5.56 Å². The van der Waals surface area contributed by atoms with Gasteiger partial charge in [0.2, 0.25) is 0 Å². The standard InChI is InChI=1S/C12H13ClN2O/c1-10-2-3-11(13)12(8-10)16-7-6-15-5-4-14-9-15/h2-5,8-9H,6-7H2,1H3. The Morgan fingerprint density at radius 1 is 1.44 bits per heavy atom. The van der Waals surface area contributed by atoms with E-state index >= 15 is 0 Å². The van der Waals surface area contributed by atoms with Crippen molar-refractivity contribution in [3.05, 3.63) is 47.5 Å². The summed E-state index contributed by atoms with van der Waals surface area (Å²) in [5.74, 6) is 0.738. The lowest BCUT2D eigenvalue weighted by atomic mass is 10.2. The molecule has 16 heavy (non-hydrogen) atoms. The zero-order chi connectivity index (χ0) is 11.4. The van der Waals surface area contributed by atoms with Crippen molar-refractivity contribution in [3.63, 3.8) is 0 Å². The van der Waals surface area contributed by atoms with Crippen LogP contribution in [0.2, 0.25) is 5.02 Å². The molecule has 0 aliphatic heterocycles. The first kappa shape index (κ1) is 11.0. The molecule has 4 heteroatoms. The first-order chi connectivity index (χ1) is 7.75. The van der Waals surface area contributed by atoms with Gasteiger partial charge in [-0.3, -0.25) is 0 Å². The minimum absolute atomic E-state index is 0.583. The van der Waals surface area contributed by atoms with Crippen molar-refractivity contribution in [1.29, 1.82) is 0 Å². The molecule has 0 spiro atoms. The summed E-state index contributed by atoms with van der Waals surface area (Å²) in [6, 6.07) is 5.75. The van der Waals surface area contributed by atoms with Gasteiger partial charge in [0.25, 0.3) is 0 Å². The molecule has 0 atom stereocenters. The average Bonchev–Trinajstić information content (AvgIpc) is 2.76. The molecule has 0 aliphatic carbocycles. The molecular formula is C12H13ClN2O. The zero-order valence-electron chi connectivity index (χ0n) is 9.06. The molecule has 2 aromatic rings. The Labute approximate surface area is 99.6 Å². The number of imidazole rings is 1. The average molecular weight is 237 g/mol. The third kappa shape index (κ3) is 2.76. The number of benzene rings is 1. The van der Waals surface area contributed by atoms with E-state index in [9.17, 15) is 0 Å². The van der Waals surface area contributed by atoms with Crippen LogP contribution in [0.25, 0.3) is 0 Å². The van der Waals surface area contributed by atoms with Crippen molar-refractivity contribution in [2.75, 3.05) is 6.61 Å². The molecule has 0 N–H and O–H groups in total. The number of nitrogens with zero attached hydrogens (tertiary/aromatic N) is 2. The maximum Gasteiger partial charge on any atom is 0.138 e. The topological polar surface area (TPSA) is 27.1 Å².